The highest BCUT2D eigenvalue weighted by Gasteiger charge is 2.17. The number of nitrogens with zero attached hydrogens (tertiary/aromatic N) is 5. The lowest BCUT2D eigenvalue weighted by molar-refractivity contribution is -0.118. The number of rotatable bonds is 9. The summed E-state index contributed by atoms with van der Waals surface area (Å²) in [5.74, 6) is 1.34. The van der Waals surface area contributed by atoms with Gasteiger partial charge in [0, 0.05) is 33.4 Å². The Hall–Kier alpha value is -3.50. The molecule has 168 valence electrons. The van der Waals surface area contributed by atoms with Crippen LogP contribution < -0.4 is 10.2 Å². The first-order valence-electron chi connectivity index (χ1n) is 10.2. The van der Waals surface area contributed by atoms with Gasteiger partial charge >= 0.3 is 0 Å². The van der Waals surface area contributed by atoms with E-state index in [4.69, 9.17) is 4.74 Å². The van der Waals surface area contributed by atoms with Crippen molar-refractivity contribution in [2.45, 2.75) is 19.0 Å². The molecule has 3 aromatic heterocycles. The molecule has 0 aliphatic carbocycles. The molecule has 33 heavy (non-hydrogen) atoms. The van der Waals surface area contributed by atoms with Gasteiger partial charge in [0.15, 0.2) is 11.0 Å². The number of pyridine rings is 1. The van der Waals surface area contributed by atoms with E-state index >= 15 is 0 Å². The molecule has 4 aromatic rings. The fourth-order valence-electron chi connectivity index (χ4n) is 2.99. The molecule has 1 amide bonds. The first kappa shape index (κ1) is 22.7. The molecule has 0 aliphatic rings. The number of thioether (sulfide) groups is 1. The van der Waals surface area contributed by atoms with Crippen LogP contribution in [-0.2, 0) is 4.79 Å². The summed E-state index contributed by atoms with van der Waals surface area (Å²) >= 11 is 2.90. The molecule has 0 saturated heterocycles. The molecule has 10 heteroatoms. The summed E-state index contributed by atoms with van der Waals surface area (Å²) in [4.78, 5) is 18.7. The summed E-state index contributed by atoms with van der Waals surface area (Å²) in [5.41, 5.74) is 4.24. The number of carbonyl (C=O) groups excluding carboxylic acids is 1. The first-order chi connectivity index (χ1) is 16.1. The number of amides is 1. The van der Waals surface area contributed by atoms with Crippen LogP contribution in [0.5, 0.6) is 5.75 Å². The zero-order chi connectivity index (χ0) is 23.0. The van der Waals surface area contributed by atoms with E-state index in [1.165, 1.54) is 16.6 Å². The van der Waals surface area contributed by atoms with Crippen molar-refractivity contribution >= 4 is 35.2 Å². The van der Waals surface area contributed by atoms with Gasteiger partial charge in [0.25, 0.3) is 5.91 Å². The third kappa shape index (κ3) is 5.85. The molecule has 8 nitrogen and oxygen atoms in total. The number of ether oxygens (including phenoxy) is 1. The second-order valence-corrected chi connectivity index (χ2v) is 9.10. The molecular weight excluding hydrogens is 456 g/mol. The summed E-state index contributed by atoms with van der Waals surface area (Å²) < 4.78 is 7.46. The van der Waals surface area contributed by atoms with Crippen LogP contribution in [-0.4, -0.2) is 44.2 Å². The normalized spacial score (nSPS) is 11.1. The smallest absolute Gasteiger partial charge is 0.250 e. The maximum atomic E-state index is 12.3. The van der Waals surface area contributed by atoms with Gasteiger partial charge in [-0.1, -0.05) is 11.8 Å². The molecule has 0 spiro atoms. The van der Waals surface area contributed by atoms with Gasteiger partial charge in [-0.25, -0.2) is 5.43 Å². The van der Waals surface area contributed by atoms with Gasteiger partial charge in [0.2, 0.25) is 0 Å². The van der Waals surface area contributed by atoms with Crippen molar-refractivity contribution < 1.29 is 9.53 Å². The van der Waals surface area contributed by atoms with Crippen molar-refractivity contribution in [2.75, 3.05) is 12.4 Å². The topological polar surface area (TPSA) is 94.3 Å². The molecule has 0 fully saturated rings. The molecular formula is C23H22N6O2S2. The molecule has 1 aromatic carbocycles. The highest BCUT2D eigenvalue weighted by Crippen LogP contribution is 2.28. The summed E-state index contributed by atoms with van der Waals surface area (Å²) in [7, 11) is 0. The second-order valence-electron chi connectivity index (χ2n) is 6.84. The lowest BCUT2D eigenvalue weighted by atomic mass is 10.2. The Morgan fingerprint density at radius 3 is 2.76 bits per heavy atom. The summed E-state index contributed by atoms with van der Waals surface area (Å²) in [6.45, 7) is 4.56. The summed E-state index contributed by atoms with van der Waals surface area (Å²) in [5, 5.41) is 13.3. The number of aryl methyl sites for hydroxylation is 1. The Kier molecular flexibility index (Phi) is 7.48. The van der Waals surface area contributed by atoms with E-state index in [1.807, 2.05) is 66.9 Å². The Balaban J connectivity index is 1.52. The van der Waals surface area contributed by atoms with Crippen LogP contribution in [0.4, 0.5) is 0 Å². The number of aromatic nitrogens is 4. The number of thiophene rings is 1. The van der Waals surface area contributed by atoms with Gasteiger partial charge in [0.05, 0.1) is 18.6 Å². The minimum absolute atomic E-state index is 0.142. The van der Waals surface area contributed by atoms with E-state index < -0.39 is 0 Å². The number of hydrogen-bond acceptors (Lipinski definition) is 8. The van der Waals surface area contributed by atoms with Crippen LogP contribution >= 0.6 is 23.1 Å². The fraction of sp³-hybridized carbons (Fsp3) is 0.174. The molecule has 0 atom stereocenters. The molecule has 4 rings (SSSR count). The molecule has 0 unspecified atom stereocenters. The average molecular weight is 479 g/mol. The van der Waals surface area contributed by atoms with E-state index in [-0.39, 0.29) is 11.7 Å². The number of hydrogen-bond donors (Lipinski definition) is 1. The van der Waals surface area contributed by atoms with Crippen molar-refractivity contribution in [1.29, 1.82) is 0 Å². The van der Waals surface area contributed by atoms with Crippen LogP contribution in [0, 0.1) is 6.92 Å². The Morgan fingerprint density at radius 2 is 2.06 bits per heavy atom. The van der Waals surface area contributed by atoms with Crippen molar-refractivity contribution in [3.63, 3.8) is 0 Å². The third-order valence-corrected chi connectivity index (χ3v) is 6.30. The lowest BCUT2D eigenvalue weighted by Gasteiger charge is -2.11. The predicted molar refractivity (Wildman–Crippen MR) is 131 cm³/mol. The van der Waals surface area contributed by atoms with Gasteiger partial charge in [0.1, 0.15) is 5.75 Å². The minimum atomic E-state index is -0.228. The van der Waals surface area contributed by atoms with E-state index in [0.717, 1.165) is 21.9 Å². The maximum absolute atomic E-state index is 12.3. The van der Waals surface area contributed by atoms with Gasteiger partial charge in [-0.2, -0.15) is 5.10 Å². The number of carbonyl (C=O) groups is 1. The van der Waals surface area contributed by atoms with Gasteiger partial charge in [-0.05, 0) is 62.4 Å². The molecule has 0 saturated carbocycles. The largest absolute Gasteiger partial charge is 0.494 e. The summed E-state index contributed by atoms with van der Waals surface area (Å²) in [6.07, 6.45) is 5.08. The monoisotopic (exact) mass is 478 g/mol. The molecule has 3 heterocycles. The molecule has 1 N–H and O–H groups in total. The highest BCUT2D eigenvalue weighted by molar-refractivity contribution is 7.99. The van der Waals surface area contributed by atoms with Crippen molar-refractivity contribution in [3.05, 3.63) is 70.7 Å². The van der Waals surface area contributed by atoms with E-state index in [2.05, 4.69) is 25.7 Å². The van der Waals surface area contributed by atoms with E-state index in [1.54, 1.807) is 29.9 Å². The van der Waals surface area contributed by atoms with Crippen molar-refractivity contribution in [2.24, 2.45) is 5.10 Å². The average Bonchev–Trinajstić information content (AvgIpc) is 3.45. The second kappa shape index (κ2) is 10.9. The zero-order valence-electron chi connectivity index (χ0n) is 18.1. The quantitative estimate of drug-likeness (QED) is 0.218. The minimum Gasteiger partial charge on any atom is -0.494 e. The van der Waals surface area contributed by atoms with Crippen molar-refractivity contribution in [3.8, 4) is 22.8 Å². The first-order valence-corrected chi connectivity index (χ1v) is 12.0. The van der Waals surface area contributed by atoms with Crippen LogP contribution in [0.15, 0.2) is 71.2 Å². The fourth-order valence-corrected chi connectivity index (χ4v) is 4.48. The third-order valence-electron chi connectivity index (χ3n) is 4.43. The van der Waals surface area contributed by atoms with Crippen LogP contribution in [0.2, 0.25) is 0 Å². The lowest BCUT2D eigenvalue weighted by Crippen LogP contribution is -2.19. The SMILES string of the molecule is CCOc1ccc(-n2c(SCC(=O)N/N=C\c3ccc(C)s3)nnc2-c2cccnc2)cc1. The molecule has 0 bridgehead atoms. The standard InChI is InChI=1S/C23H22N6O2S2/c1-3-31-19-9-7-18(8-10-19)29-22(17-5-4-12-24-13-17)27-28-23(29)32-15-21(30)26-25-14-20-11-6-16(2)33-20/h4-14H,3,15H2,1-2H3,(H,26,30)/b25-14-. The Bertz CT molecular complexity index is 1240. The predicted octanol–water partition coefficient (Wildman–Crippen LogP) is 4.34. The maximum Gasteiger partial charge on any atom is 0.250 e. The number of benzene rings is 1. The van der Waals surface area contributed by atoms with Gasteiger partial charge in [-0.3, -0.25) is 14.3 Å². The van der Waals surface area contributed by atoms with Crippen LogP contribution in [0.25, 0.3) is 17.1 Å². The number of nitrogens with one attached hydrogen (secondary N) is 1. The Morgan fingerprint density at radius 1 is 1.21 bits per heavy atom. The zero-order valence-corrected chi connectivity index (χ0v) is 19.8. The Labute approximate surface area is 199 Å². The van der Waals surface area contributed by atoms with E-state index in [9.17, 15) is 4.79 Å². The van der Waals surface area contributed by atoms with Gasteiger partial charge in [-0.15, -0.1) is 21.5 Å². The molecule has 0 radical (unpaired) electrons. The highest BCUT2D eigenvalue weighted by atomic mass is 32.2. The van der Waals surface area contributed by atoms with Crippen LogP contribution in [0.3, 0.4) is 0 Å². The number of hydrazone groups is 1. The van der Waals surface area contributed by atoms with Crippen LogP contribution in [0.1, 0.15) is 16.7 Å². The van der Waals surface area contributed by atoms with Gasteiger partial charge < -0.3 is 4.74 Å². The summed E-state index contributed by atoms with van der Waals surface area (Å²) in [6, 6.07) is 15.4. The van der Waals surface area contributed by atoms with Crippen molar-refractivity contribution in [1.82, 2.24) is 25.2 Å². The van der Waals surface area contributed by atoms with E-state index in [0.29, 0.717) is 17.6 Å². The molecule has 0 aliphatic heterocycles.